The van der Waals surface area contributed by atoms with Gasteiger partial charge in [0.15, 0.2) is 0 Å². The lowest BCUT2D eigenvalue weighted by atomic mass is 9.79. The van der Waals surface area contributed by atoms with Gasteiger partial charge < -0.3 is 0 Å². The first-order chi connectivity index (χ1) is 5.82. The first-order valence-electron chi connectivity index (χ1n) is 4.69. The summed E-state index contributed by atoms with van der Waals surface area (Å²) in [7, 11) is 5.89. The van der Waals surface area contributed by atoms with Crippen LogP contribution < -0.4 is 5.46 Å². The molecule has 0 aliphatic rings. The van der Waals surface area contributed by atoms with Gasteiger partial charge in [-0.3, -0.25) is 0 Å². The summed E-state index contributed by atoms with van der Waals surface area (Å²) in [5.74, 6) is 0. The molecule has 0 aliphatic heterocycles. The van der Waals surface area contributed by atoms with Gasteiger partial charge in [-0.25, -0.2) is 0 Å². The Morgan fingerprint density at radius 3 is 1.69 bits per heavy atom. The molecule has 1 aromatic rings. The standard InChI is InChI=1S/C12H17B/c1-8-6-10(12(3,4)5)7-9(2)11(8)13/h6-7H,1-5H3. The van der Waals surface area contributed by atoms with E-state index in [1.54, 1.807) is 0 Å². The van der Waals surface area contributed by atoms with Crippen molar-refractivity contribution < 1.29 is 0 Å². The van der Waals surface area contributed by atoms with Crippen LogP contribution in [0.3, 0.4) is 0 Å². The van der Waals surface area contributed by atoms with Gasteiger partial charge in [-0.2, -0.15) is 0 Å². The Kier molecular flexibility index (Phi) is 2.56. The molecular weight excluding hydrogens is 155 g/mol. The van der Waals surface area contributed by atoms with E-state index in [9.17, 15) is 0 Å². The Bertz CT molecular complexity index is 295. The van der Waals surface area contributed by atoms with Gasteiger partial charge in [-0.05, 0) is 24.8 Å². The summed E-state index contributed by atoms with van der Waals surface area (Å²) in [5, 5.41) is 0. The second-order valence-electron chi connectivity index (χ2n) is 4.77. The number of benzene rings is 1. The third-order valence-electron chi connectivity index (χ3n) is 2.46. The van der Waals surface area contributed by atoms with E-state index >= 15 is 0 Å². The third-order valence-corrected chi connectivity index (χ3v) is 2.46. The van der Waals surface area contributed by atoms with Crippen LogP contribution in [0, 0.1) is 13.8 Å². The molecule has 0 spiro atoms. The second kappa shape index (κ2) is 3.21. The molecule has 0 N–H and O–H groups in total. The first-order valence-corrected chi connectivity index (χ1v) is 4.69. The molecule has 0 aliphatic carbocycles. The Labute approximate surface area is 82.8 Å². The molecule has 0 nitrogen and oxygen atoms in total. The van der Waals surface area contributed by atoms with Crippen molar-refractivity contribution in [3.05, 3.63) is 28.8 Å². The molecule has 0 saturated carbocycles. The fourth-order valence-electron chi connectivity index (χ4n) is 1.41. The lowest BCUT2D eigenvalue weighted by Gasteiger charge is -2.21. The predicted molar refractivity (Wildman–Crippen MR) is 60.0 cm³/mol. The quantitative estimate of drug-likeness (QED) is 0.527. The summed E-state index contributed by atoms with van der Waals surface area (Å²) in [4.78, 5) is 0. The highest BCUT2D eigenvalue weighted by atomic mass is 14.2. The molecule has 0 unspecified atom stereocenters. The van der Waals surface area contributed by atoms with Crippen LogP contribution in [0.4, 0.5) is 0 Å². The van der Waals surface area contributed by atoms with Crippen molar-refractivity contribution in [2.45, 2.75) is 40.0 Å². The lowest BCUT2D eigenvalue weighted by molar-refractivity contribution is 0.589. The summed E-state index contributed by atoms with van der Waals surface area (Å²) in [5.41, 5.74) is 4.86. The topological polar surface area (TPSA) is 0 Å². The highest BCUT2D eigenvalue weighted by Gasteiger charge is 2.14. The highest BCUT2D eigenvalue weighted by molar-refractivity contribution is 6.34. The van der Waals surface area contributed by atoms with E-state index in [0.29, 0.717) is 0 Å². The number of hydrogen-bond donors (Lipinski definition) is 0. The van der Waals surface area contributed by atoms with Crippen LogP contribution >= 0.6 is 0 Å². The molecule has 0 bridgehead atoms. The monoisotopic (exact) mass is 172 g/mol. The van der Waals surface area contributed by atoms with Crippen molar-refractivity contribution in [2.24, 2.45) is 0 Å². The molecule has 0 heterocycles. The van der Waals surface area contributed by atoms with Crippen molar-refractivity contribution >= 4 is 13.3 Å². The van der Waals surface area contributed by atoms with Crippen LogP contribution in [0.15, 0.2) is 12.1 Å². The predicted octanol–water partition coefficient (Wildman–Crippen LogP) is 2.39. The van der Waals surface area contributed by atoms with Gasteiger partial charge in [-0.15, -0.1) is 0 Å². The van der Waals surface area contributed by atoms with E-state index in [1.807, 2.05) is 0 Å². The molecule has 0 amide bonds. The SMILES string of the molecule is [B]c1c(C)cc(C(C)(C)C)cc1C. The number of hydrogen-bond acceptors (Lipinski definition) is 0. The van der Waals surface area contributed by atoms with E-state index in [1.165, 1.54) is 16.7 Å². The Balaban J connectivity index is 3.29. The zero-order chi connectivity index (χ0) is 10.2. The summed E-state index contributed by atoms with van der Waals surface area (Å²) in [6.45, 7) is 10.8. The first kappa shape index (κ1) is 10.4. The summed E-state index contributed by atoms with van der Waals surface area (Å²) < 4.78 is 0. The van der Waals surface area contributed by atoms with Crippen molar-refractivity contribution in [3.8, 4) is 0 Å². The van der Waals surface area contributed by atoms with E-state index < -0.39 is 0 Å². The maximum absolute atomic E-state index is 5.89. The van der Waals surface area contributed by atoms with Gasteiger partial charge >= 0.3 is 0 Å². The minimum absolute atomic E-state index is 0.212. The number of aryl methyl sites for hydroxylation is 2. The molecule has 0 saturated heterocycles. The zero-order valence-electron chi connectivity index (χ0n) is 9.23. The van der Waals surface area contributed by atoms with Crippen LogP contribution in [0.25, 0.3) is 0 Å². The van der Waals surface area contributed by atoms with Gasteiger partial charge in [0.1, 0.15) is 7.85 Å². The van der Waals surface area contributed by atoms with Crippen molar-refractivity contribution in [1.82, 2.24) is 0 Å². The molecule has 68 valence electrons. The molecule has 13 heavy (non-hydrogen) atoms. The average Bonchev–Trinajstić information content (AvgIpc) is 1.97. The maximum atomic E-state index is 5.89. The molecule has 0 atom stereocenters. The Morgan fingerprint density at radius 1 is 1.00 bits per heavy atom. The fourth-order valence-corrected chi connectivity index (χ4v) is 1.41. The summed E-state index contributed by atoms with van der Waals surface area (Å²) in [6.07, 6.45) is 0. The minimum atomic E-state index is 0.212. The molecule has 1 aromatic carbocycles. The molecule has 2 radical (unpaired) electrons. The normalized spacial score (nSPS) is 11.8. The maximum Gasteiger partial charge on any atom is 0.114 e. The third kappa shape index (κ3) is 2.15. The van der Waals surface area contributed by atoms with Gasteiger partial charge in [0.25, 0.3) is 0 Å². The van der Waals surface area contributed by atoms with E-state index in [4.69, 9.17) is 7.85 Å². The average molecular weight is 172 g/mol. The van der Waals surface area contributed by atoms with Gasteiger partial charge in [0.05, 0.1) is 0 Å². The van der Waals surface area contributed by atoms with Crippen molar-refractivity contribution in [3.63, 3.8) is 0 Å². The fraction of sp³-hybridized carbons (Fsp3) is 0.500. The molecule has 0 fully saturated rings. The van der Waals surface area contributed by atoms with Crippen LogP contribution in [-0.2, 0) is 5.41 Å². The highest BCUT2D eigenvalue weighted by Crippen LogP contribution is 2.23. The Morgan fingerprint density at radius 2 is 1.38 bits per heavy atom. The molecular formula is C12H17B. The van der Waals surface area contributed by atoms with E-state index in [-0.39, 0.29) is 5.41 Å². The van der Waals surface area contributed by atoms with Gasteiger partial charge in [0.2, 0.25) is 0 Å². The largest absolute Gasteiger partial charge is 0.114 e. The molecule has 1 rings (SSSR count). The minimum Gasteiger partial charge on any atom is -0.0909 e. The smallest absolute Gasteiger partial charge is 0.0909 e. The van der Waals surface area contributed by atoms with Gasteiger partial charge in [0, 0.05) is 0 Å². The molecule has 0 aromatic heterocycles. The zero-order valence-corrected chi connectivity index (χ0v) is 9.23. The van der Waals surface area contributed by atoms with Gasteiger partial charge in [-0.1, -0.05) is 49.5 Å². The van der Waals surface area contributed by atoms with Crippen molar-refractivity contribution in [1.29, 1.82) is 0 Å². The summed E-state index contributed by atoms with van der Waals surface area (Å²) >= 11 is 0. The van der Waals surface area contributed by atoms with Crippen LogP contribution in [0.5, 0.6) is 0 Å². The number of rotatable bonds is 0. The second-order valence-corrected chi connectivity index (χ2v) is 4.77. The summed E-state index contributed by atoms with van der Waals surface area (Å²) in [6, 6.07) is 4.37. The lowest BCUT2D eigenvalue weighted by Crippen LogP contribution is -2.18. The van der Waals surface area contributed by atoms with E-state index in [2.05, 4.69) is 46.8 Å². The van der Waals surface area contributed by atoms with Crippen LogP contribution in [-0.4, -0.2) is 7.85 Å². The molecule has 1 heteroatoms. The van der Waals surface area contributed by atoms with Crippen LogP contribution in [0.1, 0.15) is 37.5 Å². The Hall–Kier alpha value is -0.715. The van der Waals surface area contributed by atoms with Crippen LogP contribution in [0.2, 0.25) is 0 Å². The van der Waals surface area contributed by atoms with E-state index in [0.717, 1.165) is 5.46 Å². The van der Waals surface area contributed by atoms with Crippen molar-refractivity contribution in [2.75, 3.05) is 0 Å².